The van der Waals surface area contributed by atoms with Crippen LogP contribution >= 0.6 is 23.2 Å². The molecule has 0 atom stereocenters. The molecule has 1 N–H and O–H groups in total. The van der Waals surface area contributed by atoms with Crippen molar-refractivity contribution in [3.05, 3.63) is 100 Å². The SMILES string of the molecule is COc1ccc(-n2nc(/C=C(\C(=O)O)c3ccccc3)cc2-c2ccc(Cl)c(Cl)c2)cc1. The van der Waals surface area contributed by atoms with E-state index in [2.05, 4.69) is 5.10 Å². The number of hydrogen-bond acceptors (Lipinski definition) is 3. The van der Waals surface area contributed by atoms with E-state index < -0.39 is 5.97 Å². The van der Waals surface area contributed by atoms with Gasteiger partial charge in [-0.25, -0.2) is 9.48 Å². The van der Waals surface area contributed by atoms with Crippen LogP contribution in [0.4, 0.5) is 0 Å². The molecule has 7 heteroatoms. The highest BCUT2D eigenvalue weighted by molar-refractivity contribution is 6.42. The molecule has 0 aliphatic carbocycles. The van der Waals surface area contributed by atoms with Crippen molar-refractivity contribution in [1.82, 2.24) is 9.78 Å². The second kappa shape index (κ2) is 9.30. The molecule has 0 fully saturated rings. The number of halogens is 2. The van der Waals surface area contributed by atoms with Crippen LogP contribution in [0.2, 0.25) is 10.0 Å². The van der Waals surface area contributed by atoms with E-state index in [1.807, 2.05) is 42.5 Å². The Labute approximate surface area is 195 Å². The van der Waals surface area contributed by atoms with Crippen molar-refractivity contribution in [1.29, 1.82) is 0 Å². The molecule has 0 radical (unpaired) electrons. The normalized spacial score (nSPS) is 11.4. The van der Waals surface area contributed by atoms with Gasteiger partial charge in [0.15, 0.2) is 0 Å². The number of nitrogens with zero attached hydrogens (tertiary/aromatic N) is 2. The minimum absolute atomic E-state index is 0.144. The van der Waals surface area contributed by atoms with Crippen molar-refractivity contribution < 1.29 is 14.6 Å². The first-order valence-electron chi connectivity index (χ1n) is 9.66. The number of hydrogen-bond donors (Lipinski definition) is 1. The summed E-state index contributed by atoms with van der Waals surface area (Å²) in [7, 11) is 1.60. The fourth-order valence-corrected chi connectivity index (χ4v) is 3.58. The van der Waals surface area contributed by atoms with Gasteiger partial charge in [-0.15, -0.1) is 0 Å². The molecule has 0 aliphatic heterocycles. The smallest absolute Gasteiger partial charge is 0.336 e. The average Bonchev–Trinajstić information content (AvgIpc) is 3.23. The molecule has 0 unspecified atom stereocenters. The van der Waals surface area contributed by atoms with E-state index in [0.717, 1.165) is 16.9 Å². The Morgan fingerprint density at radius 3 is 2.31 bits per heavy atom. The van der Waals surface area contributed by atoms with Crippen molar-refractivity contribution in [3.63, 3.8) is 0 Å². The first-order valence-corrected chi connectivity index (χ1v) is 10.4. The number of rotatable bonds is 6. The van der Waals surface area contributed by atoms with Crippen LogP contribution in [-0.2, 0) is 4.79 Å². The number of benzene rings is 3. The Morgan fingerprint density at radius 2 is 1.69 bits per heavy atom. The Bertz CT molecular complexity index is 1300. The van der Waals surface area contributed by atoms with E-state index in [1.165, 1.54) is 0 Å². The highest BCUT2D eigenvalue weighted by Crippen LogP contribution is 2.31. The van der Waals surface area contributed by atoms with Gasteiger partial charge in [0, 0.05) is 5.56 Å². The molecule has 160 valence electrons. The molecule has 0 spiro atoms. The predicted octanol–water partition coefficient (Wildman–Crippen LogP) is 6.48. The summed E-state index contributed by atoms with van der Waals surface area (Å²) < 4.78 is 6.98. The maximum absolute atomic E-state index is 11.9. The molecule has 32 heavy (non-hydrogen) atoms. The summed E-state index contributed by atoms with van der Waals surface area (Å²) in [5.74, 6) is -0.319. The summed E-state index contributed by atoms with van der Waals surface area (Å²) in [6.07, 6.45) is 1.55. The largest absolute Gasteiger partial charge is 0.497 e. The van der Waals surface area contributed by atoms with E-state index in [9.17, 15) is 9.90 Å². The third kappa shape index (κ3) is 4.54. The van der Waals surface area contributed by atoms with Gasteiger partial charge >= 0.3 is 5.97 Å². The zero-order valence-electron chi connectivity index (χ0n) is 17.0. The lowest BCUT2D eigenvalue weighted by atomic mass is 10.0. The summed E-state index contributed by atoms with van der Waals surface area (Å²) in [5, 5.41) is 15.3. The molecule has 4 aromatic rings. The molecule has 0 bridgehead atoms. The Morgan fingerprint density at radius 1 is 0.969 bits per heavy atom. The van der Waals surface area contributed by atoms with Crippen molar-refractivity contribution in [2.75, 3.05) is 7.11 Å². The summed E-state index contributed by atoms with van der Waals surface area (Å²) in [5.41, 5.74) is 3.53. The molecule has 0 saturated heterocycles. The Kier molecular flexibility index (Phi) is 6.30. The van der Waals surface area contributed by atoms with Gasteiger partial charge in [0.1, 0.15) is 5.75 Å². The van der Waals surface area contributed by atoms with E-state index in [0.29, 0.717) is 27.1 Å². The molecule has 0 saturated carbocycles. The van der Waals surface area contributed by atoms with Gasteiger partial charge in [-0.1, -0.05) is 59.6 Å². The van der Waals surface area contributed by atoms with Crippen LogP contribution in [-0.4, -0.2) is 28.0 Å². The van der Waals surface area contributed by atoms with Crippen LogP contribution in [0, 0.1) is 0 Å². The van der Waals surface area contributed by atoms with E-state index in [-0.39, 0.29) is 5.57 Å². The predicted molar refractivity (Wildman–Crippen MR) is 128 cm³/mol. The Hall–Kier alpha value is -3.54. The maximum Gasteiger partial charge on any atom is 0.336 e. The zero-order chi connectivity index (χ0) is 22.7. The lowest BCUT2D eigenvalue weighted by Gasteiger charge is -2.09. The summed E-state index contributed by atoms with van der Waals surface area (Å²) >= 11 is 12.3. The lowest BCUT2D eigenvalue weighted by Crippen LogP contribution is -2.01. The first-order chi connectivity index (χ1) is 15.5. The van der Waals surface area contributed by atoms with Crippen LogP contribution in [0.1, 0.15) is 11.3 Å². The third-order valence-corrected chi connectivity index (χ3v) is 5.61. The molecule has 1 aromatic heterocycles. The van der Waals surface area contributed by atoms with E-state index >= 15 is 0 Å². The molecular weight excluding hydrogens is 447 g/mol. The van der Waals surface area contributed by atoms with Gasteiger partial charge in [0.05, 0.1) is 39.8 Å². The number of aromatic nitrogens is 2. The minimum Gasteiger partial charge on any atom is -0.497 e. The van der Waals surface area contributed by atoms with Gasteiger partial charge in [-0.2, -0.15) is 5.10 Å². The van der Waals surface area contributed by atoms with Gasteiger partial charge < -0.3 is 9.84 Å². The summed E-state index contributed by atoms with van der Waals surface area (Å²) in [4.78, 5) is 11.9. The van der Waals surface area contributed by atoms with Gasteiger partial charge in [-0.05, 0) is 54.1 Å². The fraction of sp³-hybridized carbons (Fsp3) is 0.0400. The number of carboxylic acid groups (broad SMARTS) is 1. The van der Waals surface area contributed by atoms with Gasteiger partial charge in [-0.3, -0.25) is 0 Å². The van der Waals surface area contributed by atoms with Gasteiger partial charge in [0.2, 0.25) is 0 Å². The minimum atomic E-state index is -1.04. The van der Waals surface area contributed by atoms with Crippen LogP contribution < -0.4 is 4.74 Å². The molecule has 5 nitrogen and oxygen atoms in total. The monoisotopic (exact) mass is 464 g/mol. The zero-order valence-corrected chi connectivity index (χ0v) is 18.5. The molecule has 3 aromatic carbocycles. The highest BCUT2D eigenvalue weighted by atomic mass is 35.5. The molecular formula is C25H18Cl2N2O3. The molecule has 0 amide bonds. The van der Waals surface area contributed by atoms with Crippen molar-refractivity contribution in [3.8, 4) is 22.7 Å². The fourth-order valence-electron chi connectivity index (χ4n) is 3.29. The van der Waals surface area contributed by atoms with Crippen LogP contribution in [0.25, 0.3) is 28.6 Å². The van der Waals surface area contributed by atoms with Crippen molar-refractivity contribution in [2.45, 2.75) is 0 Å². The standard InChI is InChI=1S/C25H18Cl2N2O3/c1-32-20-10-8-19(9-11-20)29-24(17-7-12-22(26)23(27)13-17)15-18(28-29)14-21(25(30)31)16-5-3-2-4-6-16/h2-15H,1H3,(H,30,31)/b21-14-. The first kappa shape index (κ1) is 21.7. The van der Waals surface area contributed by atoms with Crippen LogP contribution in [0.5, 0.6) is 5.75 Å². The maximum atomic E-state index is 11.9. The van der Waals surface area contributed by atoms with E-state index in [4.69, 9.17) is 27.9 Å². The molecule has 0 aliphatic rings. The number of carbonyl (C=O) groups is 1. The van der Waals surface area contributed by atoms with Crippen molar-refractivity contribution >= 4 is 40.8 Å². The summed E-state index contributed by atoms with van der Waals surface area (Å²) in [6, 6.07) is 23.5. The lowest BCUT2D eigenvalue weighted by molar-refractivity contribution is -0.130. The highest BCUT2D eigenvalue weighted by Gasteiger charge is 2.16. The topological polar surface area (TPSA) is 64.4 Å². The average molecular weight is 465 g/mol. The second-order valence-electron chi connectivity index (χ2n) is 6.92. The number of aliphatic carboxylic acids is 1. The Balaban J connectivity index is 1.88. The second-order valence-corrected chi connectivity index (χ2v) is 7.74. The van der Waals surface area contributed by atoms with E-state index in [1.54, 1.807) is 54.3 Å². The van der Waals surface area contributed by atoms with Crippen molar-refractivity contribution in [2.24, 2.45) is 0 Å². The quantitative estimate of drug-likeness (QED) is 0.331. The van der Waals surface area contributed by atoms with Crippen LogP contribution in [0.3, 0.4) is 0 Å². The van der Waals surface area contributed by atoms with Gasteiger partial charge in [0.25, 0.3) is 0 Å². The summed E-state index contributed by atoms with van der Waals surface area (Å²) in [6.45, 7) is 0. The number of ether oxygens (including phenoxy) is 1. The number of carboxylic acids is 1. The van der Waals surface area contributed by atoms with Crippen LogP contribution in [0.15, 0.2) is 78.9 Å². The molecule has 4 rings (SSSR count). The third-order valence-electron chi connectivity index (χ3n) is 4.87. The molecule has 1 heterocycles. The number of methoxy groups -OCH3 is 1.